The number of halogens is 1. The topological polar surface area (TPSA) is 41.5 Å². The summed E-state index contributed by atoms with van der Waals surface area (Å²) in [5, 5.41) is 12.3. The SMILES string of the molecule is CC(O)CNCc1ccc(OC(C)C)c(Br)c1. The summed E-state index contributed by atoms with van der Waals surface area (Å²) in [6.45, 7) is 7.12. The van der Waals surface area contributed by atoms with Gasteiger partial charge < -0.3 is 15.2 Å². The predicted molar refractivity (Wildman–Crippen MR) is 73.3 cm³/mol. The van der Waals surface area contributed by atoms with Crippen molar-refractivity contribution in [2.24, 2.45) is 0 Å². The van der Waals surface area contributed by atoms with Gasteiger partial charge in [0.25, 0.3) is 0 Å². The molecule has 0 aliphatic carbocycles. The van der Waals surface area contributed by atoms with Crippen LogP contribution in [0.15, 0.2) is 22.7 Å². The predicted octanol–water partition coefficient (Wildman–Crippen LogP) is 2.71. The number of hydrogen-bond donors (Lipinski definition) is 2. The van der Waals surface area contributed by atoms with E-state index in [0.29, 0.717) is 6.54 Å². The van der Waals surface area contributed by atoms with E-state index in [0.717, 1.165) is 22.3 Å². The number of aliphatic hydroxyl groups excluding tert-OH is 1. The molecule has 3 nitrogen and oxygen atoms in total. The lowest BCUT2D eigenvalue weighted by atomic mass is 10.2. The highest BCUT2D eigenvalue weighted by Crippen LogP contribution is 2.26. The van der Waals surface area contributed by atoms with Crippen molar-refractivity contribution in [2.45, 2.75) is 39.5 Å². The van der Waals surface area contributed by atoms with Crippen molar-refractivity contribution in [1.82, 2.24) is 5.32 Å². The highest BCUT2D eigenvalue weighted by molar-refractivity contribution is 9.10. The zero-order chi connectivity index (χ0) is 12.8. The molecule has 1 aromatic rings. The molecule has 1 atom stereocenters. The molecule has 17 heavy (non-hydrogen) atoms. The second-order valence-electron chi connectivity index (χ2n) is 4.41. The quantitative estimate of drug-likeness (QED) is 0.849. The van der Waals surface area contributed by atoms with Crippen LogP contribution in [-0.4, -0.2) is 23.9 Å². The molecule has 0 radical (unpaired) electrons. The maximum Gasteiger partial charge on any atom is 0.133 e. The van der Waals surface area contributed by atoms with Crippen LogP contribution in [0.4, 0.5) is 0 Å². The molecular formula is C13H20BrNO2. The fourth-order valence-electron chi connectivity index (χ4n) is 1.43. The number of rotatable bonds is 6. The third-order valence-corrected chi connectivity index (χ3v) is 2.75. The summed E-state index contributed by atoms with van der Waals surface area (Å²) in [6, 6.07) is 6.02. The first-order valence-corrected chi connectivity index (χ1v) is 6.62. The Bertz CT molecular complexity index is 353. The molecular weight excluding hydrogens is 282 g/mol. The highest BCUT2D eigenvalue weighted by Gasteiger charge is 2.04. The fourth-order valence-corrected chi connectivity index (χ4v) is 1.95. The third-order valence-electron chi connectivity index (χ3n) is 2.13. The summed E-state index contributed by atoms with van der Waals surface area (Å²) in [4.78, 5) is 0. The Hall–Kier alpha value is -0.580. The lowest BCUT2D eigenvalue weighted by molar-refractivity contribution is 0.191. The van der Waals surface area contributed by atoms with Gasteiger partial charge in [0, 0.05) is 13.1 Å². The van der Waals surface area contributed by atoms with Crippen molar-refractivity contribution in [2.75, 3.05) is 6.54 Å². The molecule has 2 N–H and O–H groups in total. The van der Waals surface area contributed by atoms with Crippen LogP contribution in [0.25, 0.3) is 0 Å². The van der Waals surface area contributed by atoms with Crippen molar-refractivity contribution in [3.05, 3.63) is 28.2 Å². The van der Waals surface area contributed by atoms with Gasteiger partial charge in [0.2, 0.25) is 0 Å². The van der Waals surface area contributed by atoms with Gasteiger partial charge in [0.1, 0.15) is 5.75 Å². The van der Waals surface area contributed by atoms with Gasteiger partial charge in [-0.1, -0.05) is 6.07 Å². The van der Waals surface area contributed by atoms with Crippen LogP contribution in [0, 0.1) is 0 Å². The first-order chi connectivity index (χ1) is 7.99. The molecule has 0 fully saturated rings. The smallest absolute Gasteiger partial charge is 0.133 e. The van der Waals surface area contributed by atoms with Crippen molar-refractivity contribution in [1.29, 1.82) is 0 Å². The van der Waals surface area contributed by atoms with Crippen molar-refractivity contribution >= 4 is 15.9 Å². The second kappa shape index (κ2) is 6.99. The average Bonchev–Trinajstić information content (AvgIpc) is 2.21. The Morgan fingerprint density at radius 1 is 1.35 bits per heavy atom. The van der Waals surface area contributed by atoms with E-state index < -0.39 is 0 Å². The Morgan fingerprint density at radius 3 is 2.59 bits per heavy atom. The molecule has 1 rings (SSSR count). The molecule has 0 saturated heterocycles. The summed E-state index contributed by atoms with van der Waals surface area (Å²) in [5.41, 5.74) is 1.16. The monoisotopic (exact) mass is 301 g/mol. The van der Waals surface area contributed by atoms with E-state index in [2.05, 4.69) is 21.2 Å². The number of ether oxygens (including phenoxy) is 1. The first-order valence-electron chi connectivity index (χ1n) is 5.83. The van der Waals surface area contributed by atoms with Gasteiger partial charge in [-0.25, -0.2) is 0 Å². The van der Waals surface area contributed by atoms with Gasteiger partial charge in [0.05, 0.1) is 16.7 Å². The van der Waals surface area contributed by atoms with E-state index in [1.165, 1.54) is 0 Å². The number of hydrogen-bond acceptors (Lipinski definition) is 3. The maximum atomic E-state index is 9.14. The molecule has 0 amide bonds. The molecule has 0 heterocycles. The van der Waals surface area contributed by atoms with Gasteiger partial charge in [-0.15, -0.1) is 0 Å². The normalized spacial score (nSPS) is 12.8. The van der Waals surface area contributed by atoms with E-state index in [1.54, 1.807) is 6.92 Å². The Balaban J connectivity index is 2.56. The van der Waals surface area contributed by atoms with Crippen LogP contribution in [0.1, 0.15) is 26.3 Å². The molecule has 1 aromatic carbocycles. The molecule has 0 spiro atoms. The Morgan fingerprint density at radius 2 is 2.06 bits per heavy atom. The van der Waals surface area contributed by atoms with E-state index in [9.17, 15) is 0 Å². The first kappa shape index (κ1) is 14.5. The van der Waals surface area contributed by atoms with Crippen molar-refractivity contribution in [3.63, 3.8) is 0 Å². The van der Waals surface area contributed by atoms with Crippen LogP contribution in [-0.2, 0) is 6.54 Å². The second-order valence-corrected chi connectivity index (χ2v) is 5.27. The van der Waals surface area contributed by atoms with Crippen molar-refractivity contribution < 1.29 is 9.84 Å². The number of aliphatic hydroxyl groups is 1. The van der Waals surface area contributed by atoms with Gasteiger partial charge in [-0.05, 0) is 54.4 Å². The maximum absolute atomic E-state index is 9.14. The summed E-state index contributed by atoms with van der Waals surface area (Å²) in [6.07, 6.45) is -0.146. The van der Waals surface area contributed by atoms with E-state index in [4.69, 9.17) is 9.84 Å². The lowest BCUT2D eigenvalue weighted by Crippen LogP contribution is -2.23. The fraction of sp³-hybridized carbons (Fsp3) is 0.538. The molecule has 0 aromatic heterocycles. The zero-order valence-electron chi connectivity index (χ0n) is 10.5. The van der Waals surface area contributed by atoms with Gasteiger partial charge in [0.15, 0.2) is 0 Å². The minimum atomic E-state index is -0.318. The average molecular weight is 302 g/mol. The molecule has 1 unspecified atom stereocenters. The van der Waals surface area contributed by atoms with Crippen LogP contribution >= 0.6 is 15.9 Å². The number of nitrogens with one attached hydrogen (secondary N) is 1. The minimum absolute atomic E-state index is 0.172. The Kier molecular flexibility index (Phi) is 5.95. The van der Waals surface area contributed by atoms with E-state index in [-0.39, 0.29) is 12.2 Å². The summed E-state index contributed by atoms with van der Waals surface area (Å²) in [7, 11) is 0. The molecule has 0 aliphatic heterocycles. The Labute approximate surface area is 111 Å². The van der Waals surface area contributed by atoms with Crippen LogP contribution in [0.3, 0.4) is 0 Å². The summed E-state index contributed by atoms with van der Waals surface area (Å²) in [5.74, 6) is 0.860. The van der Waals surface area contributed by atoms with Gasteiger partial charge in [-0.3, -0.25) is 0 Å². The molecule has 0 aliphatic rings. The molecule has 0 bridgehead atoms. The molecule has 4 heteroatoms. The van der Waals surface area contributed by atoms with Crippen LogP contribution in [0.5, 0.6) is 5.75 Å². The van der Waals surface area contributed by atoms with E-state index >= 15 is 0 Å². The largest absolute Gasteiger partial charge is 0.490 e. The van der Waals surface area contributed by atoms with E-state index in [1.807, 2.05) is 32.0 Å². The highest BCUT2D eigenvalue weighted by atomic mass is 79.9. The summed E-state index contributed by atoms with van der Waals surface area (Å²) >= 11 is 3.49. The standard InChI is InChI=1S/C13H20BrNO2/c1-9(2)17-13-5-4-11(6-12(13)14)8-15-7-10(3)16/h4-6,9-10,15-16H,7-8H2,1-3H3. The van der Waals surface area contributed by atoms with Crippen molar-refractivity contribution in [3.8, 4) is 5.75 Å². The molecule has 96 valence electrons. The lowest BCUT2D eigenvalue weighted by Gasteiger charge is -2.13. The molecule has 0 saturated carbocycles. The van der Waals surface area contributed by atoms with Crippen LogP contribution < -0.4 is 10.1 Å². The third kappa shape index (κ3) is 5.52. The number of benzene rings is 1. The van der Waals surface area contributed by atoms with Gasteiger partial charge in [-0.2, -0.15) is 0 Å². The van der Waals surface area contributed by atoms with Crippen LogP contribution in [0.2, 0.25) is 0 Å². The van der Waals surface area contributed by atoms with Gasteiger partial charge >= 0.3 is 0 Å². The summed E-state index contributed by atoms with van der Waals surface area (Å²) < 4.78 is 6.60. The minimum Gasteiger partial charge on any atom is -0.490 e. The zero-order valence-corrected chi connectivity index (χ0v) is 12.1.